The largest absolute Gasteiger partial charge is 0.472 e. The summed E-state index contributed by atoms with van der Waals surface area (Å²) in [6.45, 7) is 14.3. The van der Waals surface area contributed by atoms with E-state index in [0.717, 1.165) is 114 Å². The van der Waals surface area contributed by atoms with E-state index in [4.69, 9.17) is 37.0 Å². The van der Waals surface area contributed by atoms with Gasteiger partial charge in [0.25, 0.3) is 0 Å². The van der Waals surface area contributed by atoms with Crippen molar-refractivity contribution in [2.75, 3.05) is 39.6 Å². The van der Waals surface area contributed by atoms with Crippen LogP contribution in [0, 0.1) is 23.7 Å². The normalized spacial score (nSPS) is 14.1. The highest BCUT2D eigenvalue weighted by Gasteiger charge is 2.30. The molecule has 0 saturated heterocycles. The molecule has 3 N–H and O–H groups in total. The van der Waals surface area contributed by atoms with Crippen LogP contribution in [0.4, 0.5) is 0 Å². The van der Waals surface area contributed by atoms with Crippen LogP contribution in [0.3, 0.4) is 0 Å². The fraction of sp³-hybridized carbons (Fsp3) is 0.949. The van der Waals surface area contributed by atoms with Gasteiger partial charge in [0.2, 0.25) is 0 Å². The zero-order valence-electron chi connectivity index (χ0n) is 64.4. The van der Waals surface area contributed by atoms with Gasteiger partial charge in [-0.3, -0.25) is 37.3 Å². The lowest BCUT2D eigenvalue weighted by molar-refractivity contribution is -0.161. The first-order valence-electron chi connectivity index (χ1n) is 40.7. The van der Waals surface area contributed by atoms with Gasteiger partial charge < -0.3 is 33.8 Å². The molecule has 98 heavy (non-hydrogen) atoms. The van der Waals surface area contributed by atoms with Crippen LogP contribution in [0.5, 0.6) is 0 Å². The Morgan fingerprint density at radius 2 is 0.429 bits per heavy atom. The SMILES string of the molecule is CC(C)CCCCCCCCCCCCCCCCC(=O)O[C@H](COC(=O)CCCCCCCCCCCCCC(C)C)COP(=O)(O)OC[C@@H](O)COP(=O)(O)OC[C@@H](COC(=O)CCCCCCCCCCCCC(C)C)OC(=O)CCCCCCCCCCCCCC(C)C. The maximum absolute atomic E-state index is 13.1. The number of hydrogen-bond acceptors (Lipinski definition) is 15. The highest BCUT2D eigenvalue weighted by atomic mass is 31.2. The van der Waals surface area contributed by atoms with Gasteiger partial charge in [-0.1, -0.05) is 351 Å². The van der Waals surface area contributed by atoms with Crippen LogP contribution in [-0.4, -0.2) is 96.7 Å². The number of esters is 4. The molecule has 0 aliphatic heterocycles. The molecule has 0 fully saturated rings. The average molecular weight is 1440 g/mol. The Morgan fingerprint density at radius 3 is 0.633 bits per heavy atom. The second kappa shape index (κ2) is 68.2. The Labute approximate surface area is 600 Å². The average Bonchev–Trinajstić information content (AvgIpc) is 1.01. The van der Waals surface area contributed by atoms with Crippen LogP contribution in [0.15, 0.2) is 0 Å². The minimum Gasteiger partial charge on any atom is -0.462 e. The van der Waals surface area contributed by atoms with Crippen molar-refractivity contribution in [3.8, 4) is 0 Å². The van der Waals surface area contributed by atoms with E-state index < -0.39 is 97.5 Å². The zero-order chi connectivity index (χ0) is 72.4. The van der Waals surface area contributed by atoms with Crippen molar-refractivity contribution in [2.24, 2.45) is 23.7 Å². The minimum absolute atomic E-state index is 0.106. The third kappa shape index (κ3) is 72.4. The molecule has 0 heterocycles. The monoisotopic (exact) mass is 1440 g/mol. The van der Waals surface area contributed by atoms with Gasteiger partial charge in [-0.2, -0.15) is 0 Å². The Hall–Kier alpha value is -1.94. The zero-order valence-corrected chi connectivity index (χ0v) is 66.2. The summed E-state index contributed by atoms with van der Waals surface area (Å²) in [4.78, 5) is 73.0. The van der Waals surface area contributed by atoms with Crippen molar-refractivity contribution >= 4 is 39.5 Å². The number of aliphatic hydroxyl groups is 1. The van der Waals surface area contributed by atoms with Crippen molar-refractivity contribution in [1.29, 1.82) is 0 Å². The summed E-state index contributed by atoms with van der Waals surface area (Å²) in [5, 5.41) is 10.6. The quantitative estimate of drug-likeness (QED) is 0.0222. The number of hydrogen-bond donors (Lipinski definition) is 3. The number of carbonyl (C=O) groups is 4. The van der Waals surface area contributed by atoms with Gasteiger partial charge in [0.15, 0.2) is 12.2 Å². The van der Waals surface area contributed by atoms with Crippen LogP contribution in [0.2, 0.25) is 0 Å². The molecule has 17 nitrogen and oxygen atoms in total. The summed E-state index contributed by atoms with van der Waals surface area (Å²) < 4.78 is 68.7. The number of phosphoric ester groups is 2. The first kappa shape index (κ1) is 96.1. The molecule has 0 aromatic rings. The molecule has 0 aromatic carbocycles. The molecule has 19 heteroatoms. The number of phosphoric acid groups is 2. The molecular formula is C79H154O17P2. The Kier molecular flexibility index (Phi) is 66.8. The van der Waals surface area contributed by atoms with Gasteiger partial charge in [-0.25, -0.2) is 9.13 Å². The first-order chi connectivity index (χ1) is 47.1. The number of unbranched alkanes of at least 4 members (excludes halogenated alkanes) is 42. The molecule has 0 aliphatic rings. The molecule has 582 valence electrons. The van der Waals surface area contributed by atoms with E-state index in [0.29, 0.717) is 25.7 Å². The van der Waals surface area contributed by atoms with Crippen LogP contribution in [-0.2, 0) is 65.4 Å². The first-order valence-corrected chi connectivity index (χ1v) is 43.7. The molecule has 0 amide bonds. The number of rotatable bonds is 76. The van der Waals surface area contributed by atoms with Crippen LogP contribution >= 0.6 is 15.6 Å². The van der Waals surface area contributed by atoms with E-state index in [-0.39, 0.29) is 25.7 Å². The van der Waals surface area contributed by atoms with Crippen LogP contribution in [0.25, 0.3) is 0 Å². The highest BCUT2D eigenvalue weighted by Crippen LogP contribution is 2.45. The predicted octanol–water partition coefficient (Wildman–Crippen LogP) is 23.2. The summed E-state index contributed by atoms with van der Waals surface area (Å²) in [5.74, 6) is 0.975. The van der Waals surface area contributed by atoms with Gasteiger partial charge in [-0.05, 0) is 49.4 Å². The second-order valence-electron chi connectivity index (χ2n) is 30.4. The standard InChI is InChI=1S/C79H154O17P2/c1-69(2)55-47-39-31-23-15-11-9-10-12-18-29-37-45-53-61-78(83)95-74(65-89-76(81)59-51-43-35-27-19-13-16-24-32-40-48-56-70(3)4)67-93-97(85,86)91-63-73(80)64-92-98(87,88)94-68-75(66-90-77(82)60-52-44-36-28-22-21-26-34-42-50-58-72(7)8)96-79(84)62-54-46-38-30-20-14-17-25-33-41-49-57-71(5)6/h69-75,80H,9-68H2,1-8H3,(H,85,86)(H,87,88)/t73-,74-,75-/m1/s1. The molecule has 0 aromatic heterocycles. The lowest BCUT2D eigenvalue weighted by atomic mass is 10.0. The molecule has 0 rings (SSSR count). The molecule has 0 radical (unpaired) electrons. The smallest absolute Gasteiger partial charge is 0.462 e. The van der Waals surface area contributed by atoms with Crippen LogP contribution < -0.4 is 0 Å². The molecule has 0 aliphatic carbocycles. The third-order valence-electron chi connectivity index (χ3n) is 18.3. The lowest BCUT2D eigenvalue weighted by Gasteiger charge is -2.21. The van der Waals surface area contributed by atoms with Crippen molar-refractivity contribution in [3.05, 3.63) is 0 Å². The summed E-state index contributed by atoms with van der Waals surface area (Å²) in [7, 11) is -9.92. The second-order valence-corrected chi connectivity index (χ2v) is 33.3. The van der Waals surface area contributed by atoms with Crippen molar-refractivity contribution in [3.63, 3.8) is 0 Å². The molecule has 0 bridgehead atoms. The number of carbonyl (C=O) groups excluding carboxylic acids is 4. The topological polar surface area (TPSA) is 237 Å². The van der Waals surface area contributed by atoms with E-state index in [2.05, 4.69) is 55.4 Å². The summed E-state index contributed by atoms with van der Waals surface area (Å²) in [6, 6.07) is 0. The van der Waals surface area contributed by atoms with Gasteiger partial charge in [0, 0.05) is 25.7 Å². The van der Waals surface area contributed by atoms with Gasteiger partial charge in [-0.15, -0.1) is 0 Å². The van der Waals surface area contributed by atoms with Crippen molar-refractivity contribution in [2.45, 2.75) is 420 Å². The molecule has 5 atom stereocenters. The van der Waals surface area contributed by atoms with E-state index in [1.165, 1.54) is 205 Å². The minimum atomic E-state index is -4.96. The van der Waals surface area contributed by atoms with Gasteiger partial charge in [0.1, 0.15) is 19.3 Å². The molecule has 0 saturated carbocycles. The third-order valence-corrected chi connectivity index (χ3v) is 20.2. The van der Waals surface area contributed by atoms with E-state index in [9.17, 15) is 43.2 Å². The van der Waals surface area contributed by atoms with Crippen molar-refractivity contribution in [1.82, 2.24) is 0 Å². The Balaban J connectivity index is 5.28. The predicted molar refractivity (Wildman–Crippen MR) is 400 cm³/mol. The maximum Gasteiger partial charge on any atom is 0.472 e. The number of aliphatic hydroxyl groups excluding tert-OH is 1. The summed E-state index contributed by atoms with van der Waals surface area (Å²) >= 11 is 0. The van der Waals surface area contributed by atoms with E-state index in [1.807, 2.05) is 0 Å². The van der Waals surface area contributed by atoms with Gasteiger partial charge >= 0.3 is 39.5 Å². The highest BCUT2D eigenvalue weighted by molar-refractivity contribution is 7.47. The Bertz CT molecular complexity index is 1920. The lowest BCUT2D eigenvalue weighted by Crippen LogP contribution is -2.30. The summed E-state index contributed by atoms with van der Waals surface area (Å²) in [6.07, 6.45) is 54.0. The van der Waals surface area contributed by atoms with E-state index in [1.54, 1.807) is 0 Å². The van der Waals surface area contributed by atoms with Gasteiger partial charge in [0.05, 0.1) is 26.4 Å². The Morgan fingerprint density at radius 1 is 0.255 bits per heavy atom. The van der Waals surface area contributed by atoms with E-state index >= 15 is 0 Å². The molecule has 0 spiro atoms. The maximum atomic E-state index is 13.1. The fourth-order valence-corrected chi connectivity index (χ4v) is 13.7. The van der Waals surface area contributed by atoms with Crippen molar-refractivity contribution < 1.29 is 80.2 Å². The van der Waals surface area contributed by atoms with Crippen LogP contribution in [0.1, 0.15) is 402 Å². The molecular weight excluding hydrogens is 1280 g/mol. The summed E-state index contributed by atoms with van der Waals surface area (Å²) in [5.41, 5.74) is 0. The number of ether oxygens (including phenoxy) is 4. The fourth-order valence-electron chi connectivity index (χ4n) is 12.1. The molecule has 2 unspecified atom stereocenters.